The lowest BCUT2D eigenvalue weighted by molar-refractivity contribution is -0.891. The zero-order valence-electron chi connectivity index (χ0n) is 26.1. The van der Waals surface area contributed by atoms with Crippen LogP contribution in [0.5, 0.6) is 0 Å². The first-order valence-electron chi connectivity index (χ1n) is 15.1. The first-order chi connectivity index (χ1) is 22.4. The summed E-state index contributed by atoms with van der Waals surface area (Å²) in [6.45, 7) is 5.43. The van der Waals surface area contributed by atoms with E-state index in [4.69, 9.17) is 14.3 Å². The van der Waals surface area contributed by atoms with Crippen LogP contribution in [0, 0.1) is 0 Å². The Bertz CT molecular complexity index is 1390. The second-order valence-electron chi connectivity index (χ2n) is 9.87. The molecule has 0 atom stereocenters. The van der Waals surface area contributed by atoms with Gasteiger partial charge in [-0.3, -0.25) is 9.68 Å². The van der Waals surface area contributed by atoms with E-state index in [1.54, 1.807) is 9.46 Å². The van der Waals surface area contributed by atoms with Crippen molar-refractivity contribution in [2.45, 2.75) is 32.1 Å². The van der Waals surface area contributed by atoms with Gasteiger partial charge in [-0.2, -0.15) is 0 Å². The van der Waals surface area contributed by atoms with Crippen molar-refractivity contribution < 1.29 is 33.8 Å². The van der Waals surface area contributed by atoms with Crippen molar-refractivity contribution >= 4 is 39.2 Å². The van der Waals surface area contributed by atoms with Crippen LogP contribution >= 0.6 is 31.9 Å². The van der Waals surface area contributed by atoms with E-state index in [1.165, 1.54) is 16.7 Å². The topological polar surface area (TPSA) is 81.6 Å². The molecule has 5 rings (SSSR count). The molecule has 0 unspecified atom stereocenters. The van der Waals surface area contributed by atoms with Crippen molar-refractivity contribution in [1.29, 1.82) is 0 Å². The summed E-state index contributed by atoms with van der Waals surface area (Å²) in [5.41, 5.74) is 3.17. The fourth-order valence-corrected chi connectivity index (χ4v) is 5.64. The third-order valence-corrected chi connectivity index (χ3v) is 7.72. The molecule has 0 N–H and O–H groups in total. The number of halogens is 2. The summed E-state index contributed by atoms with van der Waals surface area (Å²) in [5.74, 6) is 0. The molecule has 46 heavy (non-hydrogen) atoms. The van der Waals surface area contributed by atoms with E-state index in [0.29, 0.717) is 19.6 Å². The van der Waals surface area contributed by atoms with Crippen LogP contribution in [0.3, 0.4) is 0 Å². The third kappa shape index (κ3) is 12.0. The highest BCUT2D eigenvalue weighted by molar-refractivity contribution is 9.10. The molecule has 0 aliphatic heterocycles. The van der Waals surface area contributed by atoms with Gasteiger partial charge in [-0.25, -0.2) is 0 Å². The van der Waals surface area contributed by atoms with Crippen molar-refractivity contribution in [3.05, 3.63) is 166 Å². The molecule has 3 aromatic carbocycles. The van der Waals surface area contributed by atoms with Crippen LogP contribution in [-0.4, -0.2) is 27.1 Å². The average molecular weight is 750 g/mol. The standard InChI is InChI=1S/C22H21BO3.2C7H9BrNO/c24-23(25)26-18-10-17-22(19-11-4-1-5-12-19,20-13-6-2-7-14-20)21-15-8-3-9-16-21;2*1-2-10-9-5-3-4-7(8)6-9/h1-9,11-16H,10,17-18H2;2*3-6H,2H2,1H3/q-2;2*+1. The highest BCUT2D eigenvalue weighted by atomic mass is 79.9. The lowest BCUT2D eigenvalue weighted by atomic mass is 9.67. The Hall–Kier alpha value is -3.54. The predicted molar refractivity (Wildman–Crippen MR) is 183 cm³/mol. The number of hydrogen-bond donors (Lipinski definition) is 0. The van der Waals surface area contributed by atoms with Gasteiger partial charge in [0.25, 0.3) is 0 Å². The molecule has 10 heteroatoms. The Morgan fingerprint density at radius 2 is 1.00 bits per heavy atom. The second-order valence-corrected chi connectivity index (χ2v) is 11.7. The van der Waals surface area contributed by atoms with Crippen LogP contribution in [0.15, 0.2) is 149 Å². The fraction of sp³-hybridized carbons (Fsp3) is 0.222. The molecule has 0 fully saturated rings. The highest BCUT2D eigenvalue weighted by Gasteiger charge is 2.35. The van der Waals surface area contributed by atoms with Gasteiger partial charge in [-0.1, -0.05) is 91.0 Å². The molecular formula is C36H39BBr2N2O5. The zero-order valence-corrected chi connectivity index (χ0v) is 29.3. The van der Waals surface area contributed by atoms with Gasteiger partial charge in [0.1, 0.15) is 0 Å². The van der Waals surface area contributed by atoms with Crippen molar-refractivity contribution in [2.75, 3.05) is 19.8 Å². The number of aromatic nitrogens is 2. The zero-order chi connectivity index (χ0) is 33.0. The van der Waals surface area contributed by atoms with Crippen LogP contribution in [0.2, 0.25) is 0 Å². The van der Waals surface area contributed by atoms with Crippen molar-refractivity contribution in [1.82, 2.24) is 0 Å². The van der Waals surface area contributed by atoms with E-state index >= 15 is 0 Å². The summed E-state index contributed by atoms with van der Waals surface area (Å²) in [6.07, 6.45) is 8.78. The maximum Gasteiger partial charge on any atom is 0.236 e. The highest BCUT2D eigenvalue weighted by Crippen LogP contribution is 2.42. The first-order valence-corrected chi connectivity index (χ1v) is 16.7. The maximum atomic E-state index is 10.7. The van der Waals surface area contributed by atoms with E-state index in [0.717, 1.165) is 15.4 Å². The monoisotopic (exact) mass is 748 g/mol. The Balaban J connectivity index is 0.000000235. The molecule has 0 aliphatic carbocycles. The van der Waals surface area contributed by atoms with Gasteiger partial charge in [0.05, 0.1) is 16.3 Å². The van der Waals surface area contributed by atoms with Crippen LogP contribution < -0.4 is 29.2 Å². The Labute approximate surface area is 289 Å². The average Bonchev–Trinajstić information content (AvgIpc) is 3.07. The van der Waals surface area contributed by atoms with Gasteiger partial charge in [0, 0.05) is 33.6 Å². The minimum atomic E-state index is -2.23. The number of nitrogens with zero attached hydrogens (tertiary/aromatic N) is 2. The smallest absolute Gasteiger partial charge is 0.236 e. The van der Waals surface area contributed by atoms with Gasteiger partial charge in [-0.05, 0) is 87.4 Å². The SMILES string of the molecule is CCO[n+]1cccc(Br)c1.CCO[n+]1cccc(Br)c1.[O-]B([O-])OCCCC(c1ccccc1)(c1ccccc1)c1ccccc1. The summed E-state index contributed by atoms with van der Waals surface area (Å²) in [5, 5.41) is 21.4. The number of pyridine rings is 2. The van der Waals surface area contributed by atoms with Crippen molar-refractivity contribution in [3.8, 4) is 0 Å². The molecule has 240 valence electrons. The molecule has 0 spiro atoms. The van der Waals surface area contributed by atoms with E-state index in [1.807, 2.05) is 117 Å². The molecule has 0 radical (unpaired) electrons. The second kappa shape index (κ2) is 20.6. The fourth-order valence-electron chi connectivity index (χ4n) is 4.93. The maximum absolute atomic E-state index is 10.7. The van der Waals surface area contributed by atoms with Gasteiger partial charge < -0.3 is 14.7 Å². The minimum Gasteiger partial charge on any atom is -0.871 e. The van der Waals surface area contributed by atoms with E-state index in [9.17, 15) is 10.0 Å². The van der Waals surface area contributed by atoms with E-state index in [2.05, 4.69) is 68.3 Å². The Morgan fingerprint density at radius 1 is 0.609 bits per heavy atom. The van der Waals surface area contributed by atoms with Gasteiger partial charge in [0.2, 0.25) is 24.8 Å². The molecule has 0 amide bonds. The van der Waals surface area contributed by atoms with Crippen LogP contribution in [0.4, 0.5) is 0 Å². The van der Waals surface area contributed by atoms with Crippen molar-refractivity contribution in [3.63, 3.8) is 0 Å². The first kappa shape index (κ1) is 36.9. The summed E-state index contributed by atoms with van der Waals surface area (Å²) in [7, 11) is -2.23. The quantitative estimate of drug-likeness (QED) is 0.0786. The lowest BCUT2D eigenvalue weighted by Crippen LogP contribution is -2.48. The van der Waals surface area contributed by atoms with Gasteiger partial charge >= 0.3 is 0 Å². The molecule has 0 aliphatic rings. The van der Waals surface area contributed by atoms with Gasteiger partial charge in [-0.15, -0.1) is 0 Å². The van der Waals surface area contributed by atoms with Crippen LogP contribution in [-0.2, 0) is 10.1 Å². The lowest BCUT2D eigenvalue weighted by Gasteiger charge is -2.37. The number of benzene rings is 3. The molecule has 5 aromatic rings. The molecule has 0 bridgehead atoms. The number of hydrogen-bond acceptors (Lipinski definition) is 5. The summed E-state index contributed by atoms with van der Waals surface area (Å²) in [6, 6.07) is 38.8. The minimum absolute atomic E-state index is 0.159. The Morgan fingerprint density at radius 3 is 1.33 bits per heavy atom. The molecule has 2 heterocycles. The number of rotatable bonds is 12. The molecule has 0 saturated heterocycles. The largest absolute Gasteiger partial charge is 0.871 e. The van der Waals surface area contributed by atoms with Crippen molar-refractivity contribution in [2.24, 2.45) is 0 Å². The Kier molecular flexibility index (Phi) is 16.5. The van der Waals surface area contributed by atoms with Crippen LogP contribution in [0.1, 0.15) is 43.4 Å². The third-order valence-electron chi connectivity index (χ3n) is 6.78. The molecule has 0 saturated carbocycles. The van der Waals surface area contributed by atoms with E-state index < -0.39 is 7.32 Å². The van der Waals surface area contributed by atoms with Gasteiger partial charge in [0.15, 0.2) is 13.2 Å². The predicted octanol–water partition coefficient (Wildman–Crippen LogP) is 4.89. The molecule has 7 nitrogen and oxygen atoms in total. The van der Waals surface area contributed by atoms with Crippen LogP contribution in [0.25, 0.3) is 0 Å². The van der Waals surface area contributed by atoms with E-state index in [-0.39, 0.29) is 12.0 Å². The molecule has 2 aromatic heterocycles. The summed E-state index contributed by atoms with van der Waals surface area (Å²) >= 11 is 6.66. The summed E-state index contributed by atoms with van der Waals surface area (Å²) < 4.78 is 10.1. The normalized spacial score (nSPS) is 10.5. The molecular weight excluding hydrogens is 711 g/mol. The summed E-state index contributed by atoms with van der Waals surface area (Å²) in [4.78, 5) is 10.3.